The molecule has 3 N–H and O–H groups in total. The number of carboxylic acid groups (broad SMARTS) is 1. The maximum absolute atomic E-state index is 8.36. The lowest BCUT2D eigenvalue weighted by atomic mass is 10.4. The summed E-state index contributed by atoms with van der Waals surface area (Å²) in [5, 5.41) is 6.89. The summed E-state index contributed by atoms with van der Waals surface area (Å²) < 4.78 is 5.25. The molecule has 78 valence electrons. The van der Waals surface area contributed by atoms with E-state index in [1.54, 1.807) is 7.11 Å². The van der Waals surface area contributed by atoms with E-state index in [1.807, 2.05) is 0 Å². The van der Waals surface area contributed by atoms with Gasteiger partial charge in [-0.15, -0.1) is 0 Å². The minimum Gasteiger partial charge on any atom is -0.483 e. The Balaban J connectivity index is 0.000000424. The number of ether oxygens (including phenoxy) is 1. The predicted octanol–water partition coefficient (Wildman–Crippen LogP) is -0.286. The number of hydrogen-bond acceptors (Lipinski definition) is 4. The molecule has 1 aliphatic rings. The fourth-order valence-corrected chi connectivity index (χ4v) is 1.48. The molecule has 5 nitrogen and oxygen atoms in total. The Labute approximate surface area is 78.5 Å². The summed E-state index contributed by atoms with van der Waals surface area (Å²) in [7, 11) is 1.76. The molecule has 1 unspecified atom stereocenters. The summed E-state index contributed by atoms with van der Waals surface area (Å²) >= 11 is 0. The molecule has 0 aromatic rings. The van der Waals surface area contributed by atoms with Crippen molar-refractivity contribution < 1.29 is 14.6 Å². The third kappa shape index (κ3) is 4.82. The molecule has 0 saturated carbocycles. The summed E-state index contributed by atoms with van der Waals surface area (Å²) in [6, 6.07) is 0. The highest BCUT2D eigenvalue weighted by Gasteiger charge is 2.22. The van der Waals surface area contributed by atoms with Gasteiger partial charge in [-0.3, -0.25) is 9.69 Å². The minimum absolute atomic E-state index is 0.250. The van der Waals surface area contributed by atoms with Crippen molar-refractivity contribution >= 4 is 6.47 Å². The van der Waals surface area contributed by atoms with Gasteiger partial charge < -0.3 is 15.6 Å². The Kier molecular flexibility index (Phi) is 7.57. The van der Waals surface area contributed by atoms with Crippen LogP contribution in [0.2, 0.25) is 0 Å². The zero-order chi connectivity index (χ0) is 10.1. The van der Waals surface area contributed by atoms with Crippen LogP contribution in [0.5, 0.6) is 0 Å². The van der Waals surface area contributed by atoms with Crippen molar-refractivity contribution in [1.29, 1.82) is 0 Å². The molecule has 1 rings (SSSR count). The quantitative estimate of drug-likeness (QED) is 0.598. The molecule has 0 aromatic carbocycles. The molecule has 0 aliphatic carbocycles. The number of rotatable bonds is 3. The predicted molar refractivity (Wildman–Crippen MR) is 49.4 cm³/mol. The van der Waals surface area contributed by atoms with Gasteiger partial charge in [-0.05, 0) is 12.8 Å². The van der Waals surface area contributed by atoms with Crippen molar-refractivity contribution in [3.05, 3.63) is 0 Å². The van der Waals surface area contributed by atoms with Crippen LogP contribution in [0.25, 0.3) is 0 Å². The van der Waals surface area contributed by atoms with E-state index >= 15 is 0 Å². The van der Waals surface area contributed by atoms with E-state index in [0.29, 0.717) is 6.23 Å². The van der Waals surface area contributed by atoms with Gasteiger partial charge >= 0.3 is 0 Å². The lowest BCUT2D eigenvalue weighted by molar-refractivity contribution is -0.122. The Hall–Kier alpha value is -0.650. The SMILES string of the molecule is COC1CCCN1CCN.O=CO. The molecule has 1 aliphatic heterocycles. The number of methoxy groups -OCH3 is 1. The van der Waals surface area contributed by atoms with Crippen LogP contribution >= 0.6 is 0 Å². The van der Waals surface area contributed by atoms with Gasteiger partial charge in [0.25, 0.3) is 6.47 Å². The number of nitrogens with zero attached hydrogens (tertiary/aromatic N) is 1. The highest BCUT2D eigenvalue weighted by Crippen LogP contribution is 2.15. The Morgan fingerprint density at radius 2 is 2.38 bits per heavy atom. The average Bonchev–Trinajstić information content (AvgIpc) is 2.54. The van der Waals surface area contributed by atoms with Crippen LogP contribution < -0.4 is 5.73 Å². The maximum atomic E-state index is 8.36. The molecule has 0 amide bonds. The van der Waals surface area contributed by atoms with Gasteiger partial charge in [0.1, 0.15) is 6.23 Å². The lowest BCUT2D eigenvalue weighted by Crippen LogP contribution is -2.34. The van der Waals surface area contributed by atoms with Crippen LogP contribution in [-0.4, -0.2) is 49.5 Å². The molecule has 13 heavy (non-hydrogen) atoms. The third-order valence-corrected chi connectivity index (χ3v) is 1.99. The molecule has 5 heteroatoms. The largest absolute Gasteiger partial charge is 0.483 e. The highest BCUT2D eigenvalue weighted by atomic mass is 16.5. The van der Waals surface area contributed by atoms with Crippen LogP contribution in [0.1, 0.15) is 12.8 Å². The molecule has 1 saturated heterocycles. The highest BCUT2D eigenvalue weighted by molar-refractivity contribution is 5.32. The molecule has 0 bridgehead atoms. The molecule has 1 heterocycles. The molecular formula is C8H18N2O3. The smallest absolute Gasteiger partial charge is 0.290 e. The Bertz CT molecular complexity index is 133. The lowest BCUT2D eigenvalue weighted by Gasteiger charge is -2.21. The van der Waals surface area contributed by atoms with E-state index in [9.17, 15) is 0 Å². The van der Waals surface area contributed by atoms with Crippen molar-refractivity contribution in [3.8, 4) is 0 Å². The van der Waals surface area contributed by atoms with E-state index in [-0.39, 0.29) is 6.47 Å². The van der Waals surface area contributed by atoms with Gasteiger partial charge in [-0.2, -0.15) is 0 Å². The molecule has 0 spiro atoms. The normalized spacial score (nSPS) is 22.2. The number of carbonyl (C=O) groups is 1. The fraction of sp³-hybridized carbons (Fsp3) is 0.875. The van der Waals surface area contributed by atoms with Gasteiger partial charge in [-0.1, -0.05) is 0 Å². The summed E-state index contributed by atoms with van der Waals surface area (Å²) in [6.07, 6.45) is 2.75. The second-order valence-corrected chi connectivity index (χ2v) is 2.76. The minimum atomic E-state index is -0.250. The van der Waals surface area contributed by atoms with Crippen molar-refractivity contribution in [2.75, 3.05) is 26.7 Å². The Morgan fingerprint density at radius 3 is 2.85 bits per heavy atom. The summed E-state index contributed by atoms with van der Waals surface area (Å²) in [6.45, 7) is 2.61. The van der Waals surface area contributed by atoms with Gasteiger partial charge in [-0.25, -0.2) is 0 Å². The average molecular weight is 190 g/mol. The van der Waals surface area contributed by atoms with Crippen molar-refractivity contribution in [2.45, 2.75) is 19.1 Å². The Morgan fingerprint density at radius 1 is 1.77 bits per heavy atom. The number of hydrogen-bond donors (Lipinski definition) is 2. The first-order valence-corrected chi connectivity index (χ1v) is 4.35. The van der Waals surface area contributed by atoms with Crippen molar-refractivity contribution in [1.82, 2.24) is 4.90 Å². The first-order chi connectivity index (χ1) is 6.29. The van der Waals surface area contributed by atoms with Gasteiger partial charge in [0, 0.05) is 26.7 Å². The van der Waals surface area contributed by atoms with E-state index in [2.05, 4.69) is 4.90 Å². The molecule has 1 atom stereocenters. The summed E-state index contributed by atoms with van der Waals surface area (Å²) in [5.41, 5.74) is 5.43. The first kappa shape index (κ1) is 12.3. The van der Waals surface area contributed by atoms with E-state index < -0.39 is 0 Å². The zero-order valence-corrected chi connectivity index (χ0v) is 7.98. The van der Waals surface area contributed by atoms with Crippen LogP contribution in [0.4, 0.5) is 0 Å². The topological polar surface area (TPSA) is 75.8 Å². The second kappa shape index (κ2) is 7.97. The summed E-state index contributed by atoms with van der Waals surface area (Å²) in [4.78, 5) is 10.7. The van der Waals surface area contributed by atoms with Crippen LogP contribution in [0.15, 0.2) is 0 Å². The van der Waals surface area contributed by atoms with Gasteiger partial charge in [0.2, 0.25) is 0 Å². The third-order valence-electron chi connectivity index (χ3n) is 1.99. The van der Waals surface area contributed by atoms with E-state index in [0.717, 1.165) is 26.1 Å². The van der Waals surface area contributed by atoms with Crippen molar-refractivity contribution in [3.63, 3.8) is 0 Å². The maximum Gasteiger partial charge on any atom is 0.290 e. The van der Waals surface area contributed by atoms with E-state index in [1.165, 1.54) is 6.42 Å². The number of likely N-dealkylation sites (tertiary alicyclic amines) is 1. The van der Waals surface area contributed by atoms with Crippen molar-refractivity contribution in [2.24, 2.45) is 5.73 Å². The van der Waals surface area contributed by atoms with E-state index in [4.69, 9.17) is 20.4 Å². The number of nitrogens with two attached hydrogens (primary N) is 1. The fourth-order valence-electron chi connectivity index (χ4n) is 1.48. The monoisotopic (exact) mass is 190 g/mol. The van der Waals surface area contributed by atoms with Gasteiger partial charge in [0.05, 0.1) is 0 Å². The molecule has 1 fully saturated rings. The van der Waals surface area contributed by atoms with Crippen LogP contribution in [0, 0.1) is 0 Å². The molecule has 0 aromatic heterocycles. The van der Waals surface area contributed by atoms with Crippen LogP contribution in [-0.2, 0) is 9.53 Å². The first-order valence-electron chi connectivity index (χ1n) is 4.35. The molecule has 0 radical (unpaired) electrons. The van der Waals surface area contributed by atoms with Gasteiger partial charge in [0.15, 0.2) is 0 Å². The summed E-state index contributed by atoms with van der Waals surface area (Å²) in [5.74, 6) is 0. The van der Waals surface area contributed by atoms with Crippen LogP contribution in [0.3, 0.4) is 0 Å². The zero-order valence-electron chi connectivity index (χ0n) is 7.98. The standard InChI is InChI=1S/C7H16N2O.CH2O2/c1-10-7-3-2-5-9(7)6-4-8;2-1-3/h7H,2-6,8H2,1H3;1H,(H,2,3). The second-order valence-electron chi connectivity index (χ2n) is 2.76. The molecular weight excluding hydrogens is 172 g/mol.